The molecule has 17 heteroatoms. The van der Waals surface area contributed by atoms with E-state index in [0.29, 0.717) is 11.1 Å². The number of carbonyl (C=O) groups is 5. The maximum atomic E-state index is 13.1. The lowest BCUT2D eigenvalue weighted by Crippen LogP contribution is -2.57. The van der Waals surface area contributed by atoms with Gasteiger partial charge >= 0.3 is 0 Å². The predicted molar refractivity (Wildman–Crippen MR) is 159 cm³/mol. The van der Waals surface area contributed by atoms with E-state index in [1.165, 1.54) is 36.4 Å². The minimum absolute atomic E-state index is 0.0204. The van der Waals surface area contributed by atoms with Gasteiger partial charge in [-0.2, -0.15) is 0 Å². The van der Waals surface area contributed by atoms with Crippen LogP contribution in [0.15, 0.2) is 48.5 Å². The number of nitrogens with zero attached hydrogens (tertiary/aromatic N) is 1. The van der Waals surface area contributed by atoms with Crippen molar-refractivity contribution in [3.05, 3.63) is 69.8 Å². The Labute approximate surface area is 253 Å². The first-order chi connectivity index (χ1) is 20.4. The minimum Gasteiger partial charge on any atom is -0.508 e. The average molecular weight is 634 g/mol. The van der Waals surface area contributed by atoms with Gasteiger partial charge in [0.05, 0.1) is 17.5 Å². The highest BCUT2D eigenvalue weighted by atomic mass is 33.1. The zero-order valence-corrected chi connectivity index (χ0v) is 24.3. The summed E-state index contributed by atoms with van der Waals surface area (Å²) in [4.78, 5) is 74.0. The van der Waals surface area contributed by atoms with Gasteiger partial charge in [-0.3, -0.25) is 34.1 Å². The molecular weight excluding hydrogens is 602 g/mol. The molecule has 15 nitrogen and oxygen atoms in total. The summed E-state index contributed by atoms with van der Waals surface area (Å²) in [7, 11) is 2.28. The van der Waals surface area contributed by atoms with Crippen molar-refractivity contribution in [1.29, 1.82) is 0 Å². The second-order valence-electron chi connectivity index (χ2n) is 9.54. The van der Waals surface area contributed by atoms with E-state index in [4.69, 9.17) is 11.5 Å². The van der Waals surface area contributed by atoms with Crippen LogP contribution in [0, 0.1) is 10.1 Å². The van der Waals surface area contributed by atoms with E-state index < -0.39 is 65.2 Å². The Kier molecular flexibility index (Phi) is 12.2. The van der Waals surface area contributed by atoms with Crippen molar-refractivity contribution in [2.75, 3.05) is 18.1 Å². The quantitative estimate of drug-likeness (QED) is 0.104. The Bertz CT molecular complexity index is 1340. The Morgan fingerprint density at radius 1 is 1.00 bits per heavy atom. The fraction of sp³-hybridized carbons (Fsp3) is 0.346. The van der Waals surface area contributed by atoms with Crippen molar-refractivity contribution in [2.24, 2.45) is 11.5 Å². The Balaban J connectivity index is 1.72. The van der Waals surface area contributed by atoms with Gasteiger partial charge in [-0.25, -0.2) is 0 Å². The van der Waals surface area contributed by atoms with Crippen LogP contribution in [0.1, 0.15) is 11.1 Å². The lowest BCUT2D eigenvalue weighted by Gasteiger charge is -2.24. The van der Waals surface area contributed by atoms with Gasteiger partial charge in [0.25, 0.3) is 5.69 Å². The maximum absolute atomic E-state index is 13.1. The van der Waals surface area contributed by atoms with Crippen LogP contribution in [-0.4, -0.2) is 81.8 Å². The molecule has 4 atom stereocenters. The molecule has 9 N–H and O–H groups in total. The van der Waals surface area contributed by atoms with Gasteiger partial charge in [0, 0.05) is 30.1 Å². The van der Waals surface area contributed by atoms with E-state index >= 15 is 0 Å². The number of amides is 5. The molecule has 0 aliphatic carbocycles. The van der Waals surface area contributed by atoms with E-state index in [0.717, 1.165) is 21.6 Å². The summed E-state index contributed by atoms with van der Waals surface area (Å²) in [6.45, 7) is -0.536. The topological polar surface area (TPSA) is 249 Å². The molecule has 230 valence electrons. The maximum Gasteiger partial charge on any atom is 0.269 e. The van der Waals surface area contributed by atoms with Crippen molar-refractivity contribution < 1.29 is 34.0 Å². The monoisotopic (exact) mass is 633 g/mol. The van der Waals surface area contributed by atoms with Crippen LogP contribution in [0.3, 0.4) is 0 Å². The number of phenolic OH excluding ortho intramolecular Hbond substituents is 1. The highest BCUT2D eigenvalue weighted by Gasteiger charge is 2.29. The zero-order valence-electron chi connectivity index (χ0n) is 22.7. The molecule has 2 aromatic rings. The number of phenols is 1. The first-order valence-corrected chi connectivity index (χ1v) is 15.4. The Morgan fingerprint density at radius 3 is 2.26 bits per heavy atom. The number of benzene rings is 2. The molecule has 43 heavy (non-hydrogen) atoms. The number of rotatable bonds is 8. The van der Waals surface area contributed by atoms with E-state index in [9.17, 15) is 39.2 Å². The molecule has 3 rings (SSSR count). The normalized spacial score (nSPS) is 20.9. The van der Waals surface area contributed by atoms with Crippen LogP contribution < -0.4 is 32.7 Å². The van der Waals surface area contributed by atoms with E-state index in [1.807, 2.05) is 0 Å². The van der Waals surface area contributed by atoms with Crippen molar-refractivity contribution in [2.45, 2.75) is 37.0 Å². The number of nitrogens with one attached hydrogen (secondary N) is 4. The molecule has 1 aliphatic rings. The van der Waals surface area contributed by atoms with E-state index in [1.54, 1.807) is 12.1 Å². The molecule has 0 unspecified atom stereocenters. The van der Waals surface area contributed by atoms with Gasteiger partial charge < -0.3 is 37.8 Å². The third-order valence-corrected chi connectivity index (χ3v) is 8.66. The Morgan fingerprint density at radius 2 is 1.63 bits per heavy atom. The summed E-state index contributed by atoms with van der Waals surface area (Å²) in [5.41, 5.74) is 12.5. The summed E-state index contributed by atoms with van der Waals surface area (Å²) < 4.78 is 0. The summed E-state index contributed by atoms with van der Waals surface area (Å²) in [6, 6.07) is 7.09. The van der Waals surface area contributed by atoms with Gasteiger partial charge in [0.15, 0.2) is 0 Å². The Hall–Kier alpha value is -4.35. The molecule has 0 saturated carbocycles. The zero-order chi connectivity index (χ0) is 31.5. The third-order valence-electron chi connectivity index (χ3n) is 6.24. The second kappa shape index (κ2) is 15.8. The average Bonchev–Trinajstić information content (AvgIpc) is 2.97. The van der Waals surface area contributed by atoms with Gasteiger partial charge in [-0.15, -0.1) is 0 Å². The van der Waals surface area contributed by atoms with Crippen LogP contribution >= 0.6 is 21.6 Å². The van der Waals surface area contributed by atoms with Crippen molar-refractivity contribution >= 4 is 56.8 Å². The highest BCUT2D eigenvalue weighted by Crippen LogP contribution is 2.23. The van der Waals surface area contributed by atoms with E-state index in [-0.39, 0.29) is 35.8 Å². The molecule has 2 aromatic carbocycles. The first kappa shape index (κ1) is 33.2. The number of hydrogen-bond acceptors (Lipinski definition) is 11. The largest absolute Gasteiger partial charge is 0.508 e. The number of aromatic hydroxyl groups is 1. The second-order valence-corrected chi connectivity index (χ2v) is 12.1. The summed E-state index contributed by atoms with van der Waals surface area (Å²) in [5, 5.41) is 30.5. The lowest BCUT2D eigenvalue weighted by molar-refractivity contribution is -0.384. The standard InChI is InChI=1S/C26H31N7O8S2/c27-18(9-14-3-7-17(34)8-4-14)24(37)32-21-13-43-42-12-20(23(28)36)31-26(39)19(30-22(35)11-29-25(21)38)10-15-1-5-16(6-2-15)33(40)41/h1-8,18-21,34H,9-13,27H2,(H2,28,36)(H,29,38)(H,30,35)(H,31,39)(H,32,37)/t18-,19-,20+,21+/m0/s1. The molecule has 1 fully saturated rings. The SMILES string of the molecule is NC(=O)[C@H]1CSSC[C@@H](NC(=O)[C@@H](N)Cc2ccc(O)cc2)C(=O)NCC(=O)N[C@@H](Cc2ccc([N+](=O)[O-])cc2)C(=O)N1. The van der Waals surface area contributed by atoms with Crippen LogP contribution in [0.4, 0.5) is 5.69 Å². The predicted octanol–water partition coefficient (Wildman–Crippen LogP) is -1.14. The van der Waals surface area contributed by atoms with Crippen molar-refractivity contribution in [3.63, 3.8) is 0 Å². The van der Waals surface area contributed by atoms with Gasteiger partial charge in [0.1, 0.15) is 23.9 Å². The third kappa shape index (κ3) is 10.5. The fourth-order valence-corrected chi connectivity index (χ4v) is 6.22. The number of carbonyl (C=O) groups excluding carboxylic acids is 5. The minimum atomic E-state index is -1.21. The van der Waals surface area contributed by atoms with Crippen LogP contribution in [-0.2, 0) is 36.8 Å². The lowest BCUT2D eigenvalue weighted by atomic mass is 10.0. The van der Waals surface area contributed by atoms with E-state index in [2.05, 4.69) is 21.3 Å². The number of primary amides is 1. The molecule has 0 aromatic heterocycles. The number of nitro groups is 1. The van der Waals surface area contributed by atoms with Crippen LogP contribution in [0.2, 0.25) is 0 Å². The number of nitro benzene ring substituents is 1. The molecule has 1 saturated heterocycles. The molecule has 0 radical (unpaired) electrons. The molecule has 1 aliphatic heterocycles. The van der Waals surface area contributed by atoms with Crippen LogP contribution in [0.5, 0.6) is 5.75 Å². The van der Waals surface area contributed by atoms with Crippen molar-refractivity contribution in [1.82, 2.24) is 21.3 Å². The number of non-ortho nitro benzene ring substituents is 1. The van der Waals surface area contributed by atoms with Gasteiger partial charge in [0.2, 0.25) is 29.5 Å². The summed E-state index contributed by atoms with van der Waals surface area (Å²) in [6.07, 6.45) is 0.0649. The van der Waals surface area contributed by atoms with Gasteiger partial charge in [-0.1, -0.05) is 45.9 Å². The number of nitrogens with two attached hydrogens (primary N) is 2. The molecule has 5 amide bonds. The first-order valence-electron chi connectivity index (χ1n) is 12.9. The summed E-state index contributed by atoms with van der Waals surface area (Å²) >= 11 is 0. The smallest absolute Gasteiger partial charge is 0.269 e. The summed E-state index contributed by atoms with van der Waals surface area (Å²) in [5.74, 6) is -3.44. The fourth-order valence-electron chi connectivity index (χ4n) is 3.87. The van der Waals surface area contributed by atoms with Gasteiger partial charge in [-0.05, 0) is 29.7 Å². The molecular formula is C26H31N7O8S2. The number of hydrogen-bond donors (Lipinski definition) is 7. The van der Waals surface area contributed by atoms with Crippen molar-refractivity contribution in [3.8, 4) is 5.75 Å². The highest BCUT2D eigenvalue weighted by molar-refractivity contribution is 8.76. The van der Waals surface area contributed by atoms with Crippen LogP contribution in [0.25, 0.3) is 0 Å². The molecule has 0 spiro atoms. The molecule has 0 bridgehead atoms. The molecule has 1 heterocycles.